The van der Waals surface area contributed by atoms with Crippen LogP contribution in [0, 0.1) is 12.8 Å². The number of nitrogens with one attached hydrogen (secondary N) is 2. The standard InChI is InChI=1S/C29H49N3O4/c1-10-12-13-17-30-26(33)25(23-16-14-15-21(5)19-23)32(22(6)11-2)27(34)24(18-20(3)4)31-28(35)36-29(7,8)9/h14-16,19-20,22,24-25H,10-13,17-18H2,1-9H3,(H,30,33)(H,31,35). The van der Waals surface area contributed by atoms with Crippen LogP contribution in [0.5, 0.6) is 0 Å². The molecule has 0 spiro atoms. The molecule has 7 heteroatoms. The van der Waals surface area contributed by atoms with E-state index in [2.05, 4.69) is 17.6 Å². The Morgan fingerprint density at radius 3 is 2.25 bits per heavy atom. The van der Waals surface area contributed by atoms with Gasteiger partial charge in [0, 0.05) is 12.6 Å². The lowest BCUT2D eigenvalue weighted by Gasteiger charge is -2.38. The number of benzene rings is 1. The molecule has 1 aromatic rings. The van der Waals surface area contributed by atoms with Gasteiger partial charge in [0.1, 0.15) is 17.7 Å². The first-order valence-electron chi connectivity index (χ1n) is 13.5. The highest BCUT2D eigenvalue weighted by Crippen LogP contribution is 2.28. The molecule has 0 bridgehead atoms. The quantitative estimate of drug-likeness (QED) is 0.328. The predicted octanol–water partition coefficient (Wildman–Crippen LogP) is 5.91. The van der Waals surface area contributed by atoms with Crippen molar-refractivity contribution in [1.29, 1.82) is 0 Å². The highest BCUT2D eigenvalue weighted by atomic mass is 16.6. The molecule has 7 nitrogen and oxygen atoms in total. The Bertz CT molecular complexity index is 847. The highest BCUT2D eigenvalue weighted by Gasteiger charge is 2.38. The van der Waals surface area contributed by atoms with E-state index in [-0.39, 0.29) is 23.8 Å². The number of aryl methyl sites for hydroxylation is 1. The molecule has 0 aliphatic heterocycles. The molecule has 3 amide bonds. The lowest BCUT2D eigenvalue weighted by Crippen LogP contribution is -2.55. The molecule has 0 heterocycles. The summed E-state index contributed by atoms with van der Waals surface area (Å²) < 4.78 is 5.45. The van der Waals surface area contributed by atoms with Crippen molar-refractivity contribution < 1.29 is 19.1 Å². The Morgan fingerprint density at radius 2 is 1.72 bits per heavy atom. The molecule has 0 radical (unpaired) electrons. The number of carbonyl (C=O) groups excluding carboxylic acids is 3. The highest BCUT2D eigenvalue weighted by molar-refractivity contribution is 5.92. The topological polar surface area (TPSA) is 87.7 Å². The van der Waals surface area contributed by atoms with Gasteiger partial charge in [-0.25, -0.2) is 4.79 Å². The maximum Gasteiger partial charge on any atom is 0.408 e. The second-order valence-corrected chi connectivity index (χ2v) is 11.1. The van der Waals surface area contributed by atoms with E-state index in [4.69, 9.17) is 4.74 Å². The number of unbranched alkanes of at least 4 members (excludes halogenated alkanes) is 2. The van der Waals surface area contributed by atoms with Crippen LogP contribution in [-0.4, -0.2) is 47.0 Å². The van der Waals surface area contributed by atoms with Gasteiger partial charge in [0.25, 0.3) is 0 Å². The molecular weight excluding hydrogens is 454 g/mol. The maximum absolute atomic E-state index is 14.1. The molecule has 0 aliphatic rings. The summed E-state index contributed by atoms with van der Waals surface area (Å²) in [6.07, 6.45) is 3.43. The van der Waals surface area contributed by atoms with Crippen molar-refractivity contribution in [3.8, 4) is 0 Å². The first-order valence-corrected chi connectivity index (χ1v) is 13.5. The fourth-order valence-electron chi connectivity index (χ4n) is 4.08. The third kappa shape index (κ3) is 10.6. The number of hydrogen-bond donors (Lipinski definition) is 2. The summed E-state index contributed by atoms with van der Waals surface area (Å²) in [5.74, 6) is -0.335. The second kappa shape index (κ2) is 14.9. The van der Waals surface area contributed by atoms with E-state index in [0.29, 0.717) is 19.4 Å². The lowest BCUT2D eigenvalue weighted by molar-refractivity contribution is -0.145. The predicted molar refractivity (Wildman–Crippen MR) is 146 cm³/mol. The van der Waals surface area contributed by atoms with Crippen LogP contribution < -0.4 is 10.6 Å². The fraction of sp³-hybridized carbons (Fsp3) is 0.690. The van der Waals surface area contributed by atoms with Crippen LogP contribution in [-0.2, 0) is 14.3 Å². The van der Waals surface area contributed by atoms with Gasteiger partial charge in [-0.1, -0.05) is 70.4 Å². The van der Waals surface area contributed by atoms with Gasteiger partial charge < -0.3 is 20.3 Å². The van der Waals surface area contributed by atoms with Crippen molar-refractivity contribution in [3.05, 3.63) is 35.4 Å². The minimum atomic E-state index is -0.811. The molecule has 1 rings (SSSR count). The normalized spacial score (nSPS) is 14.1. The van der Waals surface area contributed by atoms with Gasteiger partial charge in [0.2, 0.25) is 11.8 Å². The average molecular weight is 504 g/mol. The number of rotatable bonds is 13. The first-order chi connectivity index (χ1) is 16.8. The van der Waals surface area contributed by atoms with E-state index in [1.807, 2.05) is 58.9 Å². The molecule has 0 aromatic heterocycles. The molecular formula is C29H49N3O4. The van der Waals surface area contributed by atoms with Gasteiger partial charge >= 0.3 is 6.09 Å². The minimum Gasteiger partial charge on any atom is -0.444 e. The zero-order chi connectivity index (χ0) is 27.5. The number of alkyl carbamates (subject to hydrolysis) is 1. The van der Waals surface area contributed by atoms with Crippen molar-refractivity contribution in [1.82, 2.24) is 15.5 Å². The average Bonchev–Trinajstić information content (AvgIpc) is 2.77. The van der Waals surface area contributed by atoms with Gasteiger partial charge in [0.05, 0.1) is 0 Å². The van der Waals surface area contributed by atoms with Crippen LogP contribution in [0.4, 0.5) is 4.79 Å². The third-order valence-electron chi connectivity index (χ3n) is 5.98. The van der Waals surface area contributed by atoms with E-state index in [0.717, 1.165) is 30.4 Å². The molecule has 0 saturated heterocycles. The van der Waals surface area contributed by atoms with Crippen molar-refractivity contribution in [2.45, 2.75) is 118 Å². The molecule has 3 unspecified atom stereocenters. The van der Waals surface area contributed by atoms with Gasteiger partial charge in [-0.15, -0.1) is 0 Å². The van der Waals surface area contributed by atoms with Crippen molar-refractivity contribution in [2.24, 2.45) is 5.92 Å². The van der Waals surface area contributed by atoms with E-state index in [1.165, 1.54) is 0 Å². The van der Waals surface area contributed by atoms with Crippen LogP contribution in [0.3, 0.4) is 0 Å². The molecule has 0 aliphatic carbocycles. The zero-order valence-electron chi connectivity index (χ0n) is 23.9. The van der Waals surface area contributed by atoms with Crippen molar-refractivity contribution in [3.63, 3.8) is 0 Å². The molecule has 36 heavy (non-hydrogen) atoms. The van der Waals surface area contributed by atoms with Crippen molar-refractivity contribution >= 4 is 17.9 Å². The Hall–Kier alpha value is -2.57. The smallest absolute Gasteiger partial charge is 0.408 e. The zero-order valence-corrected chi connectivity index (χ0v) is 23.9. The third-order valence-corrected chi connectivity index (χ3v) is 5.98. The van der Waals surface area contributed by atoms with Crippen LogP contribution in [0.1, 0.15) is 105 Å². The first kappa shape index (κ1) is 31.5. The Morgan fingerprint density at radius 1 is 1.06 bits per heavy atom. The maximum atomic E-state index is 14.1. The molecule has 204 valence electrons. The Labute approximate surface area is 218 Å². The van der Waals surface area contributed by atoms with Crippen LogP contribution in [0.25, 0.3) is 0 Å². The molecule has 2 N–H and O–H groups in total. The summed E-state index contributed by atoms with van der Waals surface area (Å²) in [7, 11) is 0. The fourth-order valence-corrected chi connectivity index (χ4v) is 4.08. The number of hydrogen-bond acceptors (Lipinski definition) is 4. The lowest BCUT2D eigenvalue weighted by atomic mass is 9.96. The Kier molecular flexibility index (Phi) is 13.0. The molecule has 3 atom stereocenters. The van der Waals surface area contributed by atoms with Crippen LogP contribution in [0.15, 0.2) is 24.3 Å². The summed E-state index contributed by atoms with van der Waals surface area (Å²) >= 11 is 0. The summed E-state index contributed by atoms with van der Waals surface area (Å²) in [6.45, 7) is 18.0. The second-order valence-electron chi connectivity index (χ2n) is 11.1. The van der Waals surface area contributed by atoms with Crippen LogP contribution in [0.2, 0.25) is 0 Å². The summed E-state index contributed by atoms with van der Waals surface area (Å²) in [5, 5.41) is 5.85. The molecule has 0 saturated carbocycles. The summed E-state index contributed by atoms with van der Waals surface area (Å²) in [6, 6.07) is 5.90. The largest absolute Gasteiger partial charge is 0.444 e. The van der Waals surface area contributed by atoms with Gasteiger partial charge in [-0.2, -0.15) is 0 Å². The van der Waals surface area contributed by atoms with E-state index in [9.17, 15) is 14.4 Å². The summed E-state index contributed by atoms with van der Waals surface area (Å²) in [4.78, 5) is 42.1. The van der Waals surface area contributed by atoms with Gasteiger partial charge in [0.15, 0.2) is 0 Å². The number of ether oxygens (including phenoxy) is 1. The molecule has 1 aromatic carbocycles. The van der Waals surface area contributed by atoms with Gasteiger partial charge in [-0.3, -0.25) is 9.59 Å². The van der Waals surface area contributed by atoms with E-state index < -0.39 is 23.8 Å². The van der Waals surface area contributed by atoms with E-state index >= 15 is 0 Å². The van der Waals surface area contributed by atoms with E-state index in [1.54, 1.807) is 25.7 Å². The van der Waals surface area contributed by atoms with Crippen LogP contribution >= 0.6 is 0 Å². The molecule has 0 fully saturated rings. The van der Waals surface area contributed by atoms with Gasteiger partial charge in [-0.05, 0) is 65.4 Å². The number of carbonyl (C=O) groups is 3. The number of nitrogens with zero attached hydrogens (tertiary/aromatic N) is 1. The monoisotopic (exact) mass is 503 g/mol. The summed E-state index contributed by atoms with van der Waals surface area (Å²) in [5.41, 5.74) is 1.09. The Balaban J connectivity index is 3.45. The minimum absolute atomic E-state index is 0.146. The van der Waals surface area contributed by atoms with Crippen molar-refractivity contribution in [2.75, 3.05) is 6.54 Å². The number of amides is 3. The SMILES string of the molecule is CCCCCNC(=O)C(c1cccc(C)c1)N(C(=O)C(CC(C)C)NC(=O)OC(C)(C)C)C(C)CC.